The van der Waals surface area contributed by atoms with Crippen LogP contribution in [0.25, 0.3) is 0 Å². The fourth-order valence-corrected chi connectivity index (χ4v) is 2.95. The number of hydrogen-bond donors (Lipinski definition) is 1. The number of Topliss-reactive ketones (excluding diaryl/α,β-unsaturated/α-hetero) is 1. The van der Waals surface area contributed by atoms with Crippen LogP contribution in [0, 0.1) is 5.41 Å². The average Bonchev–Trinajstić information content (AvgIpc) is 2.52. The summed E-state index contributed by atoms with van der Waals surface area (Å²) < 4.78 is 0. The Morgan fingerprint density at radius 3 is 2.67 bits per heavy atom. The number of nitrogens with zero attached hydrogens (tertiary/aromatic N) is 1. The molecule has 0 aromatic heterocycles. The van der Waals surface area contributed by atoms with Crippen LogP contribution in [0.1, 0.15) is 26.7 Å². The molecule has 15 heavy (non-hydrogen) atoms. The van der Waals surface area contributed by atoms with Crippen LogP contribution in [-0.2, 0) is 4.79 Å². The monoisotopic (exact) mass is 225 g/mol. The molecular formula is C11H15NO2S. The molecule has 0 saturated heterocycles. The lowest BCUT2D eigenvalue weighted by molar-refractivity contribution is -0.117. The van der Waals surface area contributed by atoms with E-state index in [9.17, 15) is 9.90 Å². The van der Waals surface area contributed by atoms with Gasteiger partial charge >= 0.3 is 0 Å². The standard InChI is InChI=1S/C11H15NO2S/c1-11(2)5-7(13)9(8(14)6-11)10-12-3-4-15-10/h13H,3-6H2,1-2H3. The van der Waals surface area contributed by atoms with E-state index in [1.54, 1.807) is 11.8 Å². The predicted molar refractivity (Wildman–Crippen MR) is 62.4 cm³/mol. The molecular weight excluding hydrogens is 210 g/mol. The predicted octanol–water partition coefficient (Wildman–Crippen LogP) is 2.33. The molecule has 0 spiro atoms. The Morgan fingerprint density at radius 2 is 2.13 bits per heavy atom. The number of aliphatic hydroxyl groups excluding tert-OH is 1. The van der Waals surface area contributed by atoms with Gasteiger partial charge in [-0.3, -0.25) is 9.79 Å². The van der Waals surface area contributed by atoms with Gasteiger partial charge in [-0.1, -0.05) is 13.8 Å². The molecule has 1 N–H and O–H groups in total. The number of carbonyl (C=O) groups excluding carboxylic acids is 1. The maximum absolute atomic E-state index is 11.9. The van der Waals surface area contributed by atoms with Crippen LogP contribution < -0.4 is 0 Å². The van der Waals surface area contributed by atoms with Crippen molar-refractivity contribution in [1.29, 1.82) is 0 Å². The van der Waals surface area contributed by atoms with Gasteiger partial charge in [0.2, 0.25) is 0 Å². The molecule has 0 radical (unpaired) electrons. The van der Waals surface area contributed by atoms with Gasteiger partial charge < -0.3 is 5.11 Å². The Morgan fingerprint density at radius 1 is 1.40 bits per heavy atom. The van der Waals surface area contributed by atoms with E-state index in [1.165, 1.54) is 0 Å². The second-order valence-corrected chi connectivity index (χ2v) is 5.88. The summed E-state index contributed by atoms with van der Waals surface area (Å²) in [7, 11) is 0. The zero-order chi connectivity index (χ0) is 11.1. The Hall–Kier alpha value is -0.770. The molecule has 0 aromatic carbocycles. The van der Waals surface area contributed by atoms with Crippen molar-refractivity contribution >= 4 is 22.6 Å². The molecule has 82 valence electrons. The average molecular weight is 225 g/mol. The number of hydrogen-bond acceptors (Lipinski definition) is 4. The van der Waals surface area contributed by atoms with Crippen LogP contribution in [-0.4, -0.2) is 28.2 Å². The number of allylic oxidation sites excluding steroid dienone is 1. The highest BCUT2D eigenvalue weighted by molar-refractivity contribution is 8.14. The minimum absolute atomic E-state index is 0.0388. The van der Waals surface area contributed by atoms with E-state index in [-0.39, 0.29) is 17.0 Å². The summed E-state index contributed by atoms with van der Waals surface area (Å²) in [6.45, 7) is 4.76. The summed E-state index contributed by atoms with van der Waals surface area (Å²) in [4.78, 5) is 16.1. The highest BCUT2D eigenvalue weighted by Gasteiger charge is 2.35. The molecule has 0 saturated carbocycles. The third kappa shape index (κ3) is 2.09. The van der Waals surface area contributed by atoms with Crippen LogP contribution >= 0.6 is 11.8 Å². The van der Waals surface area contributed by atoms with Gasteiger partial charge in [0, 0.05) is 25.1 Å². The quantitative estimate of drug-likeness (QED) is 0.745. The summed E-state index contributed by atoms with van der Waals surface area (Å²) in [6.07, 6.45) is 1.08. The first-order valence-corrected chi connectivity index (χ1v) is 6.11. The van der Waals surface area contributed by atoms with Crippen molar-refractivity contribution < 1.29 is 9.90 Å². The minimum Gasteiger partial charge on any atom is -0.511 e. The molecule has 1 aliphatic carbocycles. The smallest absolute Gasteiger partial charge is 0.169 e. The third-order valence-corrected chi connectivity index (χ3v) is 3.65. The van der Waals surface area contributed by atoms with Crippen LogP contribution in [0.3, 0.4) is 0 Å². The molecule has 0 aromatic rings. The second kappa shape index (κ2) is 3.67. The molecule has 2 rings (SSSR count). The highest BCUT2D eigenvalue weighted by Crippen LogP contribution is 2.38. The Balaban J connectivity index is 2.34. The molecule has 4 heteroatoms. The lowest BCUT2D eigenvalue weighted by atomic mass is 9.77. The van der Waals surface area contributed by atoms with E-state index < -0.39 is 0 Å². The van der Waals surface area contributed by atoms with Crippen LogP contribution in [0.15, 0.2) is 16.3 Å². The maximum Gasteiger partial charge on any atom is 0.169 e. The first-order chi connectivity index (χ1) is 6.99. The molecule has 1 aliphatic heterocycles. The van der Waals surface area contributed by atoms with Gasteiger partial charge in [0.15, 0.2) is 5.78 Å². The summed E-state index contributed by atoms with van der Waals surface area (Å²) in [6, 6.07) is 0. The molecule has 1 heterocycles. The van der Waals surface area contributed by atoms with Gasteiger partial charge in [0.05, 0.1) is 5.57 Å². The van der Waals surface area contributed by atoms with E-state index in [2.05, 4.69) is 4.99 Å². The van der Waals surface area contributed by atoms with E-state index in [0.717, 1.165) is 17.3 Å². The molecule has 0 amide bonds. The van der Waals surface area contributed by atoms with Crippen LogP contribution in [0.5, 0.6) is 0 Å². The van der Waals surface area contributed by atoms with E-state index >= 15 is 0 Å². The van der Waals surface area contributed by atoms with Gasteiger partial charge in [0.1, 0.15) is 10.8 Å². The fourth-order valence-electron chi connectivity index (χ4n) is 2.02. The Bertz CT molecular complexity index is 369. The first-order valence-electron chi connectivity index (χ1n) is 5.12. The van der Waals surface area contributed by atoms with E-state index in [0.29, 0.717) is 18.4 Å². The van der Waals surface area contributed by atoms with Crippen LogP contribution in [0.4, 0.5) is 0 Å². The molecule has 0 atom stereocenters. The van der Waals surface area contributed by atoms with Gasteiger partial charge in [-0.2, -0.15) is 0 Å². The van der Waals surface area contributed by atoms with Crippen molar-refractivity contribution in [2.24, 2.45) is 10.4 Å². The zero-order valence-corrected chi connectivity index (χ0v) is 9.86. The van der Waals surface area contributed by atoms with Crippen LogP contribution in [0.2, 0.25) is 0 Å². The number of rotatable bonds is 1. The summed E-state index contributed by atoms with van der Waals surface area (Å²) in [5, 5.41) is 10.6. The van der Waals surface area contributed by atoms with Gasteiger partial charge in [-0.15, -0.1) is 11.8 Å². The number of aliphatic hydroxyl groups is 1. The molecule has 2 aliphatic rings. The van der Waals surface area contributed by atoms with E-state index in [4.69, 9.17) is 0 Å². The lowest BCUT2D eigenvalue weighted by Crippen LogP contribution is -2.28. The number of aliphatic imine (C=N–C) groups is 1. The Labute approximate surface area is 93.7 Å². The topological polar surface area (TPSA) is 49.7 Å². The normalized spacial score (nSPS) is 25.7. The molecule has 0 fully saturated rings. The minimum atomic E-state index is -0.117. The second-order valence-electron chi connectivity index (χ2n) is 4.80. The summed E-state index contributed by atoms with van der Waals surface area (Å²) in [5.41, 5.74) is 0.367. The Kier molecular flexibility index (Phi) is 2.63. The summed E-state index contributed by atoms with van der Waals surface area (Å²) >= 11 is 1.57. The number of thioether (sulfide) groups is 1. The fraction of sp³-hybridized carbons (Fsp3) is 0.636. The largest absolute Gasteiger partial charge is 0.511 e. The third-order valence-electron chi connectivity index (χ3n) is 2.65. The molecule has 3 nitrogen and oxygen atoms in total. The zero-order valence-electron chi connectivity index (χ0n) is 9.04. The van der Waals surface area contributed by atoms with Crippen molar-refractivity contribution in [3.63, 3.8) is 0 Å². The maximum atomic E-state index is 11.9. The number of carbonyl (C=O) groups is 1. The van der Waals surface area contributed by atoms with Gasteiger partial charge in [0.25, 0.3) is 0 Å². The molecule has 0 bridgehead atoms. The van der Waals surface area contributed by atoms with Crippen molar-refractivity contribution in [3.8, 4) is 0 Å². The first kappa shape index (κ1) is 10.7. The SMILES string of the molecule is CC1(C)CC(=O)C(C2=NCCS2)=C(O)C1. The summed E-state index contributed by atoms with van der Waals surface area (Å²) in [5.74, 6) is 1.18. The van der Waals surface area contributed by atoms with Crippen molar-refractivity contribution in [3.05, 3.63) is 11.3 Å². The van der Waals surface area contributed by atoms with Gasteiger partial charge in [-0.25, -0.2) is 0 Å². The molecule has 0 unspecified atom stereocenters. The van der Waals surface area contributed by atoms with E-state index in [1.807, 2.05) is 13.8 Å². The van der Waals surface area contributed by atoms with Crippen molar-refractivity contribution in [1.82, 2.24) is 0 Å². The number of ketones is 1. The van der Waals surface area contributed by atoms with Crippen molar-refractivity contribution in [2.75, 3.05) is 12.3 Å². The lowest BCUT2D eigenvalue weighted by Gasteiger charge is -2.29. The highest BCUT2D eigenvalue weighted by atomic mass is 32.2. The van der Waals surface area contributed by atoms with Gasteiger partial charge in [-0.05, 0) is 5.41 Å². The van der Waals surface area contributed by atoms with Crippen molar-refractivity contribution in [2.45, 2.75) is 26.7 Å².